The Morgan fingerprint density at radius 3 is 2.45 bits per heavy atom. The number of rotatable bonds is 8. The van der Waals surface area contributed by atoms with E-state index in [1.807, 2.05) is 30.3 Å². The summed E-state index contributed by atoms with van der Waals surface area (Å²) in [5, 5.41) is 5.42. The molecule has 0 aliphatic carbocycles. The second kappa shape index (κ2) is 10.3. The Morgan fingerprint density at radius 2 is 1.69 bits per heavy atom. The first-order chi connectivity index (χ1) is 14.2. The van der Waals surface area contributed by atoms with Crippen molar-refractivity contribution in [2.45, 2.75) is 0 Å². The number of carbonyl (C=O) groups excluding carboxylic acids is 2. The number of morpholine rings is 1. The average molecular weight is 399 g/mol. The smallest absolute Gasteiger partial charge is 0.258 e. The summed E-state index contributed by atoms with van der Waals surface area (Å²) < 4.78 is 16.0. The highest BCUT2D eigenvalue weighted by Crippen LogP contribution is 2.26. The summed E-state index contributed by atoms with van der Waals surface area (Å²) >= 11 is 0. The van der Waals surface area contributed by atoms with Crippen LogP contribution in [0, 0.1) is 0 Å². The van der Waals surface area contributed by atoms with Gasteiger partial charge in [0.25, 0.3) is 5.91 Å². The van der Waals surface area contributed by atoms with Crippen LogP contribution in [-0.2, 0) is 14.3 Å². The predicted molar refractivity (Wildman–Crippen MR) is 110 cm³/mol. The standard InChI is InChI=1S/C21H25N3O5/c1-27-18-8-4-5-9-19(18)29-15-21(26)22-14-20(25)23-16-6-2-3-7-17(16)24-10-12-28-13-11-24/h2-9H,10-15H2,1H3,(H,22,26)(H,23,25). The van der Waals surface area contributed by atoms with Crippen molar-refractivity contribution >= 4 is 23.2 Å². The van der Waals surface area contributed by atoms with Crippen LogP contribution < -0.4 is 25.0 Å². The first-order valence-electron chi connectivity index (χ1n) is 9.41. The van der Waals surface area contributed by atoms with Crippen molar-refractivity contribution in [1.82, 2.24) is 5.32 Å². The van der Waals surface area contributed by atoms with Gasteiger partial charge in [-0.2, -0.15) is 0 Å². The van der Waals surface area contributed by atoms with Gasteiger partial charge in [0.2, 0.25) is 5.91 Å². The molecule has 1 aliphatic heterocycles. The maximum Gasteiger partial charge on any atom is 0.258 e. The number of anilines is 2. The predicted octanol–water partition coefficient (Wildman–Crippen LogP) is 1.67. The van der Waals surface area contributed by atoms with Gasteiger partial charge in [0.15, 0.2) is 18.1 Å². The zero-order valence-corrected chi connectivity index (χ0v) is 16.3. The highest BCUT2D eigenvalue weighted by atomic mass is 16.5. The van der Waals surface area contributed by atoms with Crippen molar-refractivity contribution in [3.8, 4) is 11.5 Å². The van der Waals surface area contributed by atoms with Crippen LogP contribution in [-0.4, -0.2) is 58.4 Å². The highest BCUT2D eigenvalue weighted by molar-refractivity contribution is 5.97. The Bertz CT molecular complexity index is 837. The molecule has 1 aliphatic rings. The van der Waals surface area contributed by atoms with Crippen LogP contribution in [0.5, 0.6) is 11.5 Å². The first kappa shape index (κ1) is 20.5. The molecule has 154 valence electrons. The highest BCUT2D eigenvalue weighted by Gasteiger charge is 2.16. The third kappa shape index (κ3) is 5.86. The van der Waals surface area contributed by atoms with Crippen molar-refractivity contribution in [2.24, 2.45) is 0 Å². The van der Waals surface area contributed by atoms with E-state index in [-0.39, 0.29) is 19.1 Å². The molecule has 0 saturated carbocycles. The third-order valence-corrected chi connectivity index (χ3v) is 4.40. The monoisotopic (exact) mass is 399 g/mol. The molecule has 0 bridgehead atoms. The largest absolute Gasteiger partial charge is 0.493 e. The molecule has 2 aromatic rings. The van der Waals surface area contributed by atoms with E-state index in [2.05, 4.69) is 15.5 Å². The Hall–Kier alpha value is -3.26. The Kier molecular flexibility index (Phi) is 7.29. The van der Waals surface area contributed by atoms with E-state index in [1.165, 1.54) is 7.11 Å². The van der Waals surface area contributed by atoms with E-state index in [0.29, 0.717) is 30.4 Å². The van der Waals surface area contributed by atoms with Gasteiger partial charge in [-0.05, 0) is 24.3 Å². The van der Waals surface area contributed by atoms with Crippen LogP contribution in [0.3, 0.4) is 0 Å². The molecular formula is C21H25N3O5. The number of carbonyl (C=O) groups is 2. The molecule has 0 unspecified atom stereocenters. The molecule has 0 spiro atoms. The number of nitrogens with zero attached hydrogens (tertiary/aromatic N) is 1. The topological polar surface area (TPSA) is 89.1 Å². The molecule has 2 amide bonds. The average Bonchev–Trinajstić information content (AvgIpc) is 2.77. The van der Waals surface area contributed by atoms with E-state index in [1.54, 1.807) is 18.2 Å². The summed E-state index contributed by atoms with van der Waals surface area (Å²) in [6.45, 7) is 2.49. The fourth-order valence-electron chi connectivity index (χ4n) is 2.96. The summed E-state index contributed by atoms with van der Waals surface area (Å²) in [6, 6.07) is 14.6. The number of hydrogen-bond donors (Lipinski definition) is 2. The molecule has 2 N–H and O–H groups in total. The van der Waals surface area contributed by atoms with Crippen LogP contribution in [0.1, 0.15) is 0 Å². The van der Waals surface area contributed by atoms with E-state index >= 15 is 0 Å². The van der Waals surface area contributed by atoms with Crippen molar-refractivity contribution in [3.05, 3.63) is 48.5 Å². The maximum absolute atomic E-state index is 12.3. The maximum atomic E-state index is 12.3. The first-order valence-corrected chi connectivity index (χ1v) is 9.41. The molecule has 8 heteroatoms. The normalized spacial score (nSPS) is 13.5. The third-order valence-electron chi connectivity index (χ3n) is 4.40. The van der Waals surface area contributed by atoms with Gasteiger partial charge in [0.05, 0.1) is 38.2 Å². The Morgan fingerprint density at radius 1 is 1.00 bits per heavy atom. The van der Waals surface area contributed by atoms with Crippen LogP contribution in [0.15, 0.2) is 48.5 Å². The SMILES string of the molecule is COc1ccccc1OCC(=O)NCC(=O)Nc1ccccc1N1CCOCC1. The number of ether oxygens (including phenoxy) is 3. The molecule has 29 heavy (non-hydrogen) atoms. The lowest BCUT2D eigenvalue weighted by atomic mass is 10.2. The van der Waals surface area contributed by atoms with E-state index in [9.17, 15) is 9.59 Å². The molecule has 8 nitrogen and oxygen atoms in total. The quantitative estimate of drug-likeness (QED) is 0.702. The Balaban J connectivity index is 1.48. The summed E-state index contributed by atoms with van der Waals surface area (Å²) in [5.41, 5.74) is 1.65. The Labute approximate surface area is 169 Å². The summed E-state index contributed by atoms with van der Waals surface area (Å²) in [5.74, 6) is 0.302. The minimum absolute atomic E-state index is 0.147. The van der Waals surface area contributed by atoms with Gasteiger partial charge in [0.1, 0.15) is 0 Å². The number of amides is 2. The van der Waals surface area contributed by atoms with Gasteiger partial charge in [-0.25, -0.2) is 0 Å². The second-order valence-electron chi connectivity index (χ2n) is 6.38. The van der Waals surface area contributed by atoms with E-state index < -0.39 is 5.91 Å². The minimum Gasteiger partial charge on any atom is -0.493 e. The van der Waals surface area contributed by atoms with Gasteiger partial charge in [-0.15, -0.1) is 0 Å². The van der Waals surface area contributed by atoms with Crippen LogP contribution in [0.2, 0.25) is 0 Å². The molecular weight excluding hydrogens is 374 g/mol. The fraction of sp³-hybridized carbons (Fsp3) is 0.333. The number of nitrogens with one attached hydrogen (secondary N) is 2. The van der Waals surface area contributed by atoms with Gasteiger partial charge in [-0.1, -0.05) is 24.3 Å². The zero-order chi connectivity index (χ0) is 20.5. The van der Waals surface area contributed by atoms with E-state index in [4.69, 9.17) is 14.2 Å². The number of methoxy groups -OCH3 is 1. The molecule has 1 heterocycles. The van der Waals surface area contributed by atoms with E-state index in [0.717, 1.165) is 18.8 Å². The van der Waals surface area contributed by atoms with Crippen molar-refractivity contribution in [3.63, 3.8) is 0 Å². The van der Waals surface area contributed by atoms with Crippen LogP contribution >= 0.6 is 0 Å². The molecule has 0 atom stereocenters. The molecule has 0 aromatic heterocycles. The lowest BCUT2D eigenvalue weighted by Gasteiger charge is -2.30. The minimum atomic E-state index is -0.396. The van der Waals surface area contributed by atoms with Gasteiger partial charge < -0.3 is 29.7 Å². The molecule has 1 fully saturated rings. The number of benzene rings is 2. The summed E-state index contributed by atoms with van der Waals surface area (Å²) in [4.78, 5) is 26.5. The molecule has 2 aromatic carbocycles. The molecule has 1 saturated heterocycles. The van der Waals surface area contributed by atoms with Gasteiger partial charge >= 0.3 is 0 Å². The summed E-state index contributed by atoms with van der Waals surface area (Å²) in [6.07, 6.45) is 0. The molecule has 3 rings (SSSR count). The van der Waals surface area contributed by atoms with Gasteiger partial charge in [0, 0.05) is 13.1 Å². The van der Waals surface area contributed by atoms with Gasteiger partial charge in [-0.3, -0.25) is 9.59 Å². The van der Waals surface area contributed by atoms with Crippen molar-refractivity contribution in [1.29, 1.82) is 0 Å². The number of para-hydroxylation sites is 4. The van der Waals surface area contributed by atoms with Crippen LogP contribution in [0.4, 0.5) is 11.4 Å². The fourth-order valence-corrected chi connectivity index (χ4v) is 2.96. The lowest BCUT2D eigenvalue weighted by molar-refractivity contribution is -0.125. The lowest BCUT2D eigenvalue weighted by Crippen LogP contribution is -2.38. The van der Waals surface area contributed by atoms with Crippen LogP contribution in [0.25, 0.3) is 0 Å². The zero-order valence-electron chi connectivity index (χ0n) is 16.3. The second-order valence-corrected chi connectivity index (χ2v) is 6.38. The summed E-state index contributed by atoms with van der Waals surface area (Å²) in [7, 11) is 1.53. The van der Waals surface area contributed by atoms with Crippen molar-refractivity contribution in [2.75, 3.05) is 56.8 Å². The molecule has 0 radical (unpaired) electrons. The number of hydrogen-bond acceptors (Lipinski definition) is 6. The van der Waals surface area contributed by atoms with Crippen molar-refractivity contribution < 1.29 is 23.8 Å².